The summed E-state index contributed by atoms with van der Waals surface area (Å²) < 4.78 is 49.9. The van der Waals surface area contributed by atoms with E-state index in [-0.39, 0.29) is 23.4 Å². The molecule has 1 aliphatic rings. The average molecular weight is 419 g/mol. The number of nitrogens with one attached hydrogen (secondary N) is 1. The molecule has 9 heteroatoms. The number of para-hydroxylation sites is 1. The highest BCUT2D eigenvalue weighted by atomic mass is 19.4. The van der Waals surface area contributed by atoms with Crippen LogP contribution in [0.2, 0.25) is 0 Å². The number of carbonyl (C=O) groups excluding carboxylic acids is 1. The summed E-state index contributed by atoms with van der Waals surface area (Å²) in [6, 6.07) is 9.85. The van der Waals surface area contributed by atoms with Crippen molar-refractivity contribution < 1.29 is 27.4 Å². The first-order valence-electron chi connectivity index (χ1n) is 9.56. The minimum atomic E-state index is -4.44. The number of nitrogens with zero attached hydrogens (tertiary/aromatic N) is 2. The molecule has 4 rings (SSSR count). The Morgan fingerprint density at radius 3 is 2.80 bits per heavy atom. The van der Waals surface area contributed by atoms with Crippen molar-refractivity contribution in [2.45, 2.75) is 25.1 Å². The number of carbonyl (C=O) groups is 1. The van der Waals surface area contributed by atoms with Gasteiger partial charge in [-0.15, -0.1) is 0 Å². The molecule has 158 valence electrons. The first-order chi connectivity index (χ1) is 14.4. The average Bonchev–Trinajstić information content (AvgIpc) is 3.17. The molecule has 1 aliphatic heterocycles. The van der Waals surface area contributed by atoms with Gasteiger partial charge in [-0.1, -0.05) is 18.2 Å². The fourth-order valence-corrected chi connectivity index (χ4v) is 3.42. The number of benzene rings is 1. The Hall–Kier alpha value is -3.07. The molecule has 1 fully saturated rings. The van der Waals surface area contributed by atoms with E-state index < -0.39 is 12.8 Å². The largest absolute Gasteiger partial charge is 0.483 e. The van der Waals surface area contributed by atoms with Gasteiger partial charge in [-0.2, -0.15) is 13.2 Å². The van der Waals surface area contributed by atoms with E-state index in [1.54, 1.807) is 47.1 Å². The summed E-state index contributed by atoms with van der Waals surface area (Å²) in [5.41, 5.74) is 1.70. The number of amides is 1. The first kappa shape index (κ1) is 20.2. The van der Waals surface area contributed by atoms with Gasteiger partial charge in [0, 0.05) is 30.1 Å². The molecular formula is C21H20F3N3O3. The Morgan fingerprint density at radius 2 is 2.03 bits per heavy atom. The molecule has 0 radical (unpaired) electrons. The zero-order valence-corrected chi connectivity index (χ0v) is 16.0. The van der Waals surface area contributed by atoms with Crippen LogP contribution in [0.15, 0.2) is 48.8 Å². The van der Waals surface area contributed by atoms with Gasteiger partial charge in [0.1, 0.15) is 17.1 Å². The van der Waals surface area contributed by atoms with Crippen molar-refractivity contribution in [1.29, 1.82) is 0 Å². The second-order valence-electron chi connectivity index (χ2n) is 7.07. The van der Waals surface area contributed by atoms with Gasteiger partial charge in [0.2, 0.25) is 0 Å². The van der Waals surface area contributed by atoms with Gasteiger partial charge in [-0.3, -0.25) is 4.79 Å². The predicted octanol–water partition coefficient (Wildman–Crippen LogP) is 3.85. The molecular weight excluding hydrogens is 399 g/mol. The lowest BCUT2D eigenvalue weighted by atomic mass is 10.1. The molecule has 2 aromatic heterocycles. The number of pyridine rings is 1. The summed E-state index contributed by atoms with van der Waals surface area (Å²) in [5.74, 6) is -0.224. The van der Waals surface area contributed by atoms with E-state index in [9.17, 15) is 18.0 Å². The SMILES string of the molecule is O=C(N[C@H]1CCCOC1)c1cn2cccc(-c3ccccc3OCC(F)(F)F)c2n1. The van der Waals surface area contributed by atoms with Crippen LogP contribution in [0.1, 0.15) is 23.3 Å². The molecule has 1 N–H and O–H groups in total. The molecule has 30 heavy (non-hydrogen) atoms. The Labute approximate surface area is 170 Å². The summed E-state index contributed by atoms with van der Waals surface area (Å²) >= 11 is 0. The quantitative estimate of drug-likeness (QED) is 0.682. The van der Waals surface area contributed by atoms with Gasteiger partial charge in [-0.25, -0.2) is 4.98 Å². The van der Waals surface area contributed by atoms with Crippen molar-refractivity contribution in [3.05, 3.63) is 54.5 Å². The van der Waals surface area contributed by atoms with Crippen molar-refractivity contribution in [2.75, 3.05) is 19.8 Å². The van der Waals surface area contributed by atoms with Crippen LogP contribution in [0.4, 0.5) is 13.2 Å². The maximum absolute atomic E-state index is 12.6. The molecule has 1 saturated heterocycles. The minimum absolute atomic E-state index is 0.0629. The van der Waals surface area contributed by atoms with Crippen LogP contribution in [0.25, 0.3) is 16.8 Å². The molecule has 1 atom stereocenters. The number of aromatic nitrogens is 2. The number of ether oxygens (including phenoxy) is 2. The summed E-state index contributed by atoms with van der Waals surface area (Å²) in [6.07, 6.45) is 0.603. The summed E-state index contributed by atoms with van der Waals surface area (Å²) in [4.78, 5) is 17.1. The Kier molecular flexibility index (Phi) is 5.63. The molecule has 1 amide bonds. The van der Waals surface area contributed by atoms with E-state index in [4.69, 9.17) is 9.47 Å². The maximum atomic E-state index is 12.6. The number of hydrogen-bond acceptors (Lipinski definition) is 4. The van der Waals surface area contributed by atoms with Crippen molar-refractivity contribution in [3.8, 4) is 16.9 Å². The molecule has 0 saturated carbocycles. The molecule has 1 aromatic carbocycles. The van der Waals surface area contributed by atoms with Gasteiger partial charge in [0.25, 0.3) is 5.91 Å². The smallest absolute Gasteiger partial charge is 0.422 e. The summed E-state index contributed by atoms with van der Waals surface area (Å²) in [5, 5.41) is 2.91. The second kappa shape index (κ2) is 8.35. The fourth-order valence-electron chi connectivity index (χ4n) is 3.42. The maximum Gasteiger partial charge on any atom is 0.422 e. The summed E-state index contributed by atoms with van der Waals surface area (Å²) in [6.45, 7) is -0.229. The normalized spacial score (nSPS) is 17.1. The highest BCUT2D eigenvalue weighted by Crippen LogP contribution is 2.33. The van der Waals surface area contributed by atoms with Gasteiger partial charge in [0.15, 0.2) is 6.61 Å². The molecule has 0 bridgehead atoms. The number of halogens is 3. The Bertz CT molecular complexity index is 1040. The van der Waals surface area contributed by atoms with Crippen molar-refractivity contribution in [2.24, 2.45) is 0 Å². The second-order valence-corrected chi connectivity index (χ2v) is 7.07. The van der Waals surface area contributed by atoms with Gasteiger partial charge in [0.05, 0.1) is 12.6 Å². The van der Waals surface area contributed by atoms with E-state index in [0.29, 0.717) is 30.0 Å². The lowest BCUT2D eigenvalue weighted by molar-refractivity contribution is -0.153. The highest BCUT2D eigenvalue weighted by Gasteiger charge is 2.29. The Morgan fingerprint density at radius 1 is 1.23 bits per heavy atom. The summed E-state index contributed by atoms with van der Waals surface area (Å²) in [7, 11) is 0. The van der Waals surface area contributed by atoms with Crippen LogP contribution in [-0.2, 0) is 4.74 Å². The first-order valence-corrected chi connectivity index (χ1v) is 9.56. The topological polar surface area (TPSA) is 64.9 Å². The van der Waals surface area contributed by atoms with E-state index in [0.717, 1.165) is 12.8 Å². The molecule has 0 unspecified atom stereocenters. The van der Waals surface area contributed by atoms with Crippen molar-refractivity contribution in [3.63, 3.8) is 0 Å². The van der Waals surface area contributed by atoms with Gasteiger partial charge >= 0.3 is 6.18 Å². The van der Waals surface area contributed by atoms with Crippen LogP contribution in [0.3, 0.4) is 0 Å². The minimum Gasteiger partial charge on any atom is -0.483 e. The lowest BCUT2D eigenvalue weighted by Crippen LogP contribution is -2.40. The van der Waals surface area contributed by atoms with Crippen LogP contribution >= 0.6 is 0 Å². The van der Waals surface area contributed by atoms with E-state index in [1.165, 1.54) is 6.07 Å². The van der Waals surface area contributed by atoms with Crippen molar-refractivity contribution >= 4 is 11.6 Å². The van der Waals surface area contributed by atoms with Gasteiger partial charge in [-0.05, 0) is 31.0 Å². The van der Waals surface area contributed by atoms with Crippen molar-refractivity contribution in [1.82, 2.24) is 14.7 Å². The monoisotopic (exact) mass is 419 g/mol. The third-order valence-electron chi connectivity index (χ3n) is 4.78. The molecule has 0 spiro atoms. The zero-order chi connectivity index (χ0) is 21.1. The number of hydrogen-bond donors (Lipinski definition) is 1. The molecule has 3 heterocycles. The zero-order valence-electron chi connectivity index (χ0n) is 16.0. The van der Waals surface area contributed by atoms with E-state index in [1.807, 2.05) is 0 Å². The predicted molar refractivity (Wildman–Crippen MR) is 103 cm³/mol. The van der Waals surface area contributed by atoms with Crippen LogP contribution in [-0.4, -0.2) is 47.3 Å². The fraction of sp³-hybridized carbons (Fsp3) is 0.333. The van der Waals surface area contributed by atoms with Crippen LogP contribution < -0.4 is 10.1 Å². The standard InChI is InChI=1S/C21H20F3N3O3/c22-21(23,24)13-30-18-8-2-1-6-15(18)16-7-3-9-27-11-17(26-19(16)27)20(28)25-14-5-4-10-29-12-14/h1-3,6-9,11,14H,4-5,10,12-13H2,(H,25,28)/t14-/m0/s1. The third-order valence-corrected chi connectivity index (χ3v) is 4.78. The number of alkyl halides is 3. The van der Waals surface area contributed by atoms with Crippen LogP contribution in [0, 0.1) is 0 Å². The lowest BCUT2D eigenvalue weighted by Gasteiger charge is -2.22. The molecule has 0 aliphatic carbocycles. The van der Waals surface area contributed by atoms with Gasteiger partial charge < -0.3 is 19.2 Å². The third kappa shape index (κ3) is 4.56. The molecule has 6 nitrogen and oxygen atoms in total. The molecule has 3 aromatic rings. The number of fused-ring (bicyclic) bond motifs is 1. The highest BCUT2D eigenvalue weighted by molar-refractivity contribution is 5.94. The van der Waals surface area contributed by atoms with E-state index in [2.05, 4.69) is 10.3 Å². The van der Waals surface area contributed by atoms with Crippen LogP contribution in [0.5, 0.6) is 5.75 Å². The van der Waals surface area contributed by atoms with E-state index >= 15 is 0 Å². The number of imidazole rings is 1. The Balaban J connectivity index is 1.64. The number of rotatable bonds is 5.